The summed E-state index contributed by atoms with van der Waals surface area (Å²) in [6.07, 6.45) is 0. The first kappa shape index (κ1) is 19.6. The Bertz CT molecular complexity index is 1160. The van der Waals surface area contributed by atoms with Crippen LogP contribution in [-0.2, 0) is 0 Å². The van der Waals surface area contributed by atoms with Crippen LogP contribution in [0.15, 0.2) is 51.4 Å². The van der Waals surface area contributed by atoms with Crippen LogP contribution < -0.4 is 10.1 Å². The van der Waals surface area contributed by atoms with Crippen molar-refractivity contribution in [1.82, 2.24) is 15.4 Å². The van der Waals surface area contributed by atoms with Crippen LogP contribution in [0.5, 0.6) is 5.75 Å². The second kappa shape index (κ2) is 8.34. The number of aromatic nitrogens is 3. The number of hydrogen-bond acceptors (Lipinski definition) is 8. The average molecular weight is 410 g/mol. The molecule has 0 aliphatic rings. The van der Waals surface area contributed by atoms with Crippen LogP contribution in [0, 0.1) is 12.7 Å². The zero-order valence-corrected chi connectivity index (χ0v) is 16.3. The fourth-order valence-corrected chi connectivity index (χ4v) is 3.07. The number of benzene rings is 2. The van der Waals surface area contributed by atoms with E-state index in [1.807, 2.05) is 30.3 Å². The number of halogens is 1. The SMILES string of the molecule is COc1cc(NCCO)c(F)cc1-c1nnc(-c2c(-c3ccccc3)noc2C)o1. The van der Waals surface area contributed by atoms with E-state index in [2.05, 4.69) is 20.7 Å². The van der Waals surface area contributed by atoms with E-state index >= 15 is 0 Å². The fourth-order valence-electron chi connectivity index (χ4n) is 3.07. The molecule has 0 radical (unpaired) electrons. The van der Waals surface area contributed by atoms with E-state index in [0.29, 0.717) is 28.3 Å². The van der Waals surface area contributed by atoms with Gasteiger partial charge in [0.2, 0.25) is 0 Å². The zero-order chi connectivity index (χ0) is 21.1. The first-order valence-corrected chi connectivity index (χ1v) is 9.20. The van der Waals surface area contributed by atoms with E-state index in [0.717, 1.165) is 5.56 Å². The molecule has 2 aromatic carbocycles. The summed E-state index contributed by atoms with van der Waals surface area (Å²) in [7, 11) is 1.46. The summed E-state index contributed by atoms with van der Waals surface area (Å²) in [4.78, 5) is 0. The predicted molar refractivity (Wildman–Crippen MR) is 107 cm³/mol. The van der Waals surface area contributed by atoms with Crippen molar-refractivity contribution in [1.29, 1.82) is 0 Å². The van der Waals surface area contributed by atoms with Crippen molar-refractivity contribution in [3.8, 4) is 39.9 Å². The van der Waals surface area contributed by atoms with Gasteiger partial charge in [-0.3, -0.25) is 0 Å². The van der Waals surface area contributed by atoms with Crippen LogP contribution in [0.3, 0.4) is 0 Å². The molecule has 0 atom stereocenters. The lowest BCUT2D eigenvalue weighted by Crippen LogP contribution is -2.07. The Morgan fingerprint density at radius 1 is 1.13 bits per heavy atom. The maximum absolute atomic E-state index is 14.5. The van der Waals surface area contributed by atoms with E-state index in [-0.39, 0.29) is 30.6 Å². The highest BCUT2D eigenvalue weighted by Gasteiger charge is 2.24. The van der Waals surface area contributed by atoms with E-state index in [1.165, 1.54) is 19.2 Å². The highest BCUT2D eigenvalue weighted by Crippen LogP contribution is 2.38. The Morgan fingerprint density at radius 3 is 2.63 bits per heavy atom. The topological polar surface area (TPSA) is 106 Å². The number of aliphatic hydroxyl groups is 1. The van der Waals surface area contributed by atoms with Gasteiger partial charge in [0, 0.05) is 18.2 Å². The summed E-state index contributed by atoms with van der Waals surface area (Å²) in [5, 5.41) is 24.0. The van der Waals surface area contributed by atoms with Gasteiger partial charge in [0.1, 0.15) is 28.6 Å². The maximum atomic E-state index is 14.5. The van der Waals surface area contributed by atoms with Crippen LogP contribution in [0.2, 0.25) is 0 Å². The lowest BCUT2D eigenvalue weighted by molar-refractivity contribution is 0.311. The molecule has 2 heterocycles. The van der Waals surface area contributed by atoms with Crippen molar-refractivity contribution in [3.63, 3.8) is 0 Å². The molecule has 0 unspecified atom stereocenters. The molecule has 0 saturated heterocycles. The van der Waals surface area contributed by atoms with Crippen LogP contribution in [0.25, 0.3) is 34.2 Å². The molecule has 2 N–H and O–H groups in total. The summed E-state index contributed by atoms with van der Waals surface area (Å²) in [6.45, 7) is 1.83. The molecular weight excluding hydrogens is 391 g/mol. The summed E-state index contributed by atoms with van der Waals surface area (Å²) in [5.74, 6) is 0.620. The standard InChI is InChI=1S/C21H19FN4O4/c1-12-18(19(26-30-12)13-6-4-3-5-7-13)21-25-24-20(29-21)14-10-15(22)16(23-8-9-27)11-17(14)28-2/h3-7,10-11,23,27H,8-9H2,1-2H3. The normalized spacial score (nSPS) is 10.9. The van der Waals surface area contributed by atoms with Gasteiger partial charge in [-0.25, -0.2) is 4.39 Å². The molecule has 0 aliphatic carbocycles. The minimum Gasteiger partial charge on any atom is -0.496 e. The largest absolute Gasteiger partial charge is 0.496 e. The summed E-state index contributed by atoms with van der Waals surface area (Å²) >= 11 is 0. The lowest BCUT2D eigenvalue weighted by atomic mass is 10.1. The summed E-state index contributed by atoms with van der Waals surface area (Å²) < 4.78 is 31.0. The Kier molecular flexibility index (Phi) is 5.44. The maximum Gasteiger partial charge on any atom is 0.254 e. The Labute approximate surface area is 171 Å². The number of nitrogens with one attached hydrogen (secondary N) is 1. The molecule has 0 bridgehead atoms. The summed E-state index contributed by atoms with van der Waals surface area (Å²) in [6, 6.07) is 12.2. The van der Waals surface area contributed by atoms with E-state index < -0.39 is 5.82 Å². The molecule has 0 spiro atoms. The van der Waals surface area contributed by atoms with Crippen molar-refractivity contribution in [3.05, 3.63) is 54.0 Å². The number of rotatable bonds is 7. The molecule has 9 heteroatoms. The van der Waals surface area contributed by atoms with Crippen LogP contribution in [0.4, 0.5) is 10.1 Å². The van der Waals surface area contributed by atoms with Crippen LogP contribution >= 0.6 is 0 Å². The van der Waals surface area contributed by atoms with Crippen molar-refractivity contribution in [2.75, 3.05) is 25.6 Å². The molecule has 0 aliphatic heterocycles. The zero-order valence-electron chi connectivity index (χ0n) is 16.3. The Balaban J connectivity index is 1.74. The number of aryl methyl sites for hydroxylation is 1. The van der Waals surface area contributed by atoms with E-state index in [4.69, 9.17) is 18.8 Å². The third-order valence-corrected chi connectivity index (χ3v) is 4.50. The van der Waals surface area contributed by atoms with Gasteiger partial charge in [-0.2, -0.15) is 0 Å². The van der Waals surface area contributed by atoms with Crippen molar-refractivity contribution in [2.45, 2.75) is 6.92 Å². The number of ether oxygens (including phenoxy) is 1. The van der Waals surface area contributed by atoms with E-state index in [1.54, 1.807) is 6.92 Å². The first-order valence-electron chi connectivity index (χ1n) is 9.20. The third-order valence-electron chi connectivity index (χ3n) is 4.50. The van der Waals surface area contributed by atoms with Gasteiger partial charge in [0.25, 0.3) is 11.8 Å². The van der Waals surface area contributed by atoms with Gasteiger partial charge in [-0.05, 0) is 13.0 Å². The minimum absolute atomic E-state index is 0.0917. The predicted octanol–water partition coefficient (Wildman–Crippen LogP) is 3.92. The fraction of sp³-hybridized carbons (Fsp3) is 0.190. The number of hydrogen-bond donors (Lipinski definition) is 2. The minimum atomic E-state index is -0.537. The smallest absolute Gasteiger partial charge is 0.254 e. The van der Waals surface area contributed by atoms with Gasteiger partial charge in [-0.1, -0.05) is 35.5 Å². The Morgan fingerprint density at radius 2 is 1.90 bits per heavy atom. The number of anilines is 1. The molecule has 0 fully saturated rings. The van der Waals surface area contributed by atoms with Crippen molar-refractivity contribution in [2.24, 2.45) is 0 Å². The molecule has 4 aromatic rings. The van der Waals surface area contributed by atoms with Crippen LogP contribution in [0.1, 0.15) is 5.76 Å². The van der Waals surface area contributed by atoms with Crippen molar-refractivity contribution < 1.29 is 23.2 Å². The van der Waals surface area contributed by atoms with Gasteiger partial charge >= 0.3 is 0 Å². The van der Waals surface area contributed by atoms with Crippen LogP contribution in [-0.4, -0.2) is 40.7 Å². The number of aliphatic hydroxyl groups excluding tert-OH is 1. The number of methoxy groups -OCH3 is 1. The average Bonchev–Trinajstić information content (AvgIpc) is 3.39. The summed E-state index contributed by atoms with van der Waals surface area (Å²) in [5.41, 5.74) is 2.49. The third kappa shape index (κ3) is 3.62. The van der Waals surface area contributed by atoms with E-state index in [9.17, 15) is 4.39 Å². The van der Waals surface area contributed by atoms with Gasteiger partial charge in [-0.15, -0.1) is 10.2 Å². The van der Waals surface area contributed by atoms with Gasteiger partial charge in [0.05, 0.1) is 25.0 Å². The molecule has 2 aromatic heterocycles. The van der Waals surface area contributed by atoms with Crippen molar-refractivity contribution >= 4 is 5.69 Å². The first-order chi connectivity index (χ1) is 14.6. The molecule has 154 valence electrons. The quantitative estimate of drug-likeness (QED) is 0.472. The lowest BCUT2D eigenvalue weighted by Gasteiger charge is -2.11. The second-order valence-corrected chi connectivity index (χ2v) is 6.42. The Hall–Kier alpha value is -3.72. The highest BCUT2D eigenvalue weighted by atomic mass is 19.1. The molecule has 4 rings (SSSR count). The molecule has 0 saturated carbocycles. The monoisotopic (exact) mass is 410 g/mol. The molecular formula is C21H19FN4O4. The van der Waals surface area contributed by atoms with Gasteiger partial charge < -0.3 is 24.1 Å². The number of nitrogens with zero attached hydrogens (tertiary/aromatic N) is 3. The molecule has 8 nitrogen and oxygen atoms in total. The van der Waals surface area contributed by atoms with Gasteiger partial charge in [0.15, 0.2) is 0 Å². The second-order valence-electron chi connectivity index (χ2n) is 6.42. The molecule has 0 amide bonds. The molecule has 30 heavy (non-hydrogen) atoms. The highest BCUT2D eigenvalue weighted by molar-refractivity contribution is 5.78.